The number of hydrogen-bond acceptors (Lipinski definition) is 6. The van der Waals surface area contributed by atoms with Gasteiger partial charge in [0.15, 0.2) is 6.10 Å². The fraction of sp³-hybridized carbons (Fsp3) is 0.231. The van der Waals surface area contributed by atoms with E-state index in [0.717, 1.165) is 16.9 Å². The van der Waals surface area contributed by atoms with Gasteiger partial charge in [0.2, 0.25) is 5.91 Å². The number of anilines is 3. The van der Waals surface area contributed by atoms with E-state index in [1.54, 1.807) is 29.3 Å². The Morgan fingerprint density at radius 1 is 0.848 bits per heavy atom. The average molecular weight is 444 g/mol. The van der Waals surface area contributed by atoms with Gasteiger partial charge >= 0.3 is 0 Å². The molecular formula is C26H25N3O4. The number of methoxy groups -OCH3 is 1. The minimum atomic E-state index is -0.916. The second-order valence-electron chi connectivity index (χ2n) is 8.33. The summed E-state index contributed by atoms with van der Waals surface area (Å²) in [5.41, 5.74) is 3.17. The van der Waals surface area contributed by atoms with Crippen molar-refractivity contribution in [1.82, 2.24) is 0 Å². The minimum absolute atomic E-state index is 0.297. The summed E-state index contributed by atoms with van der Waals surface area (Å²) in [5, 5.41) is 1.70. The van der Waals surface area contributed by atoms with E-state index in [1.807, 2.05) is 73.6 Å². The molecule has 2 saturated heterocycles. The van der Waals surface area contributed by atoms with Gasteiger partial charge in [-0.1, -0.05) is 42.5 Å². The molecule has 0 aliphatic carbocycles. The predicted molar refractivity (Wildman–Crippen MR) is 126 cm³/mol. The van der Waals surface area contributed by atoms with Crippen LogP contribution in [0.3, 0.4) is 0 Å². The van der Waals surface area contributed by atoms with Gasteiger partial charge in [0, 0.05) is 19.8 Å². The fourth-order valence-electron chi connectivity index (χ4n) is 4.57. The summed E-state index contributed by atoms with van der Waals surface area (Å²) in [6, 6.07) is 24.1. The predicted octanol–water partition coefficient (Wildman–Crippen LogP) is 3.81. The molecular weight excluding hydrogens is 418 g/mol. The number of nitrogens with zero attached hydrogens (tertiary/aromatic N) is 3. The number of imide groups is 1. The van der Waals surface area contributed by atoms with E-state index in [-0.39, 0.29) is 11.8 Å². The van der Waals surface area contributed by atoms with Gasteiger partial charge in [0.1, 0.15) is 11.7 Å². The van der Waals surface area contributed by atoms with Crippen LogP contribution in [0, 0.1) is 5.92 Å². The van der Waals surface area contributed by atoms with E-state index >= 15 is 0 Å². The summed E-state index contributed by atoms with van der Waals surface area (Å²) in [5.74, 6) is -0.906. The molecule has 3 aromatic carbocycles. The van der Waals surface area contributed by atoms with Crippen LogP contribution in [0.4, 0.5) is 17.1 Å². The first kappa shape index (κ1) is 21.0. The average Bonchev–Trinajstić information content (AvgIpc) is 3.35. The quantitative estimate of drug-likeness (QED) is 0.559. The number of carbonyl (C=O) groups is 2. The first-order valence-electron chi connectivity index (χ1n) is 10.8. The maximum Gasteiger partial charge on any atom is 0.266 e. The summed E-state index contributed by atoms with van der Waals surface area (Å²) in [6.45, 7) is 0. The Kier molecular flexibility index (Phi) is 5.26. The molecule has 3 aromatic rings. The number of benzene rings is 3. The van der Waals surface area contributed by atoms with Crippen molar-refractivity contribution in [3.8, 4) is 5.75 Å². The van der Waals surface area contributed by atoms with Crippen molar-refractivity contribution in [2.45, 2.75) is 12.1 Å². The number of ether oxygens (including phenoxy) is 1. The lowest BCUT2D eigenvalue weighted by Gasteiger charge is -2.29. The van der Waals surface area contributed by atoms with Gasteiger partial charge in [-0.2, -0.15) is 0 Å². The second kappa shape index (κ2) is 8.26. The Morgan fingerprint density at radius 3 is 2.18 bits per heavy atom. The van der Waals surface area contributed by atoms with Crippen LogP contribution in [0.1, 0.15) is 11.6 Å². The van der Waals surface area contributed by atoms with Gasteiger partial charge in [-0.15, -0.1) is 0 Å². The third kappa shape index (κ3) is 3.41. The largest absolute Gasteiger partial charge is 0.495 e. The lowest BCUT2D eigenvalue weighted by Crippen LogP contribution is -2.37. The number of para-hydroxylation sites is 3. The summed E-state index contributed by atoms with van der Waals surface area (Å²) >= 11 is 0. The Morgan fingerprint density at radius 2 is 1.52 bits per heavy atom. The molecule has 2 amide bonds. The number of hydroxylamine groups is 1. The Hall–Kier alpha value is -3.84. The smallest absolute Gasteiger partial charge is 0.266 e. The monoisotopic (exact) mass is 443 g/mol. The first-order chi connectivity index (χ1) is 16.0. The molecule has 0 saturated carbocycles. The molecule has 7 heteroatoms. The number of hydrogen-bond donors (Lipinski definition) is 0. The maximum absolute atomic E-state index is 13.7. The lowest BCUT2D eigenvalue weighted by molar-refractivity contribution is -0.126. The van der Waals surface area contributed by atoms with Gasteiger partial charge in [-0.25, -0.2) is 9.96 Å². The number of amides is 2. The third-order valence-electron chi connectivity index (χ3n) is 6.20. The van der Waals surface area contributed by atoms with Crippen molar-refractivity contribution in [1.29, 1.82) is 0 Å². The molecule has 33 heavy (non-hydrogen) atoms. The normalized spacial score (nSPS) is 22.0. The number of carbonyl (C=O) groups excluding carboxylic acids is 2. The van der Waals surface area contributed by atoms with E-state index in [1.165, 1.54) is 12.0 Å². The van der Waals surface area contributed by atoms with Crippen LogP contribution in [0.25, 0.3) is 0 Å². The van der Waals surface area contributed by atoms with E-state index in [4.69, 9.17) is 9.57 Å². The van der Waals surface area contributed by atoms with Crippen LogP contribution in [0.2, 0.25) is 0 Å². The molecule has 2 fully saturated rings. The van der Waals surface area contributed by atoms with Crippen molar-refractivity contribution < 1.29 is 19.2 Å². The van der Waals surface area contributed by atoms with Crippen LogP contribution < -0.4 is 19.6 Å². The molecule has 0 bridgehead atoms. The van der Waals surface area contributed by atoms with Gasteiger partial charge in [-0.05, 0) is 42.0 Å². The first-order valence-corrected chi connectivity index (χ1v) is 10.8. The second-order valence-corrected chi connectivity index (χ2v) is 8.33. The molecule has 2 aliphatic heterocycles. The molecule has 2 aliphatic rings. The highest BCUT2D eigenvalue weighted by atomic mass is 16.7. The topological polar surface area (TPSA) is 62.3 Å². The van der Waals surface area contributed by atoms with Crippen LogP contribution in [0.5, 0.6) is 5.75 Å². The SMILES string of the molecule is COc1ccccc1N1C(=O)C2ON(c3ccccc3)C(c3ccc(N(C)C)cc3)C2C1=O. The molecule has 168 valence electrons. The minimum Gasteiger partial charge on any atom is -0.495 e. The molecule has 0 spiro atoms. The zero-order valence-corrected chi connectivity index (χ0v) is 18.7. The fourth-order valence-corrected chi connectivity index (χ4v) is 4.57. The van der Waals surface area contributed by atoms with Crippen molar-refractivity contribution in [2.75, 3.05) is 36.1 Å². The number of fused-ring (bicyclic) bond motifs is 1. The van der Waals surface area contributed by atoms with Crippen LogP contribution in [-0.2, 0) is 14.4 Å². The standard InChI is InChI=1S/C26H25N3O4/c1-27(2)18-15-13-17(14-16-18)23-22-24(33-29(23)19-9-5-4-6-10-19)26(31)28(25(22)30)20-11-7-8-12-21(20)32-3/h4-16,22-24H,1-3H3. The summed E-state index contributed by atoms with van der Waals surface area (Å²) in [7, 11) is 5.47. The van der Waals surface area contributed by atoms with Gasteiger partial charge < -0.3 is 9.64 Å². The Bertz CT molecular complexity index is 1180. The highest BCUT2D eigenvalue weighted by Crippen LogP contribution is 2.48. The molecule has 3 atom stereocenters. The third-order valence-corrected chi connectivity index (χ3v) is 6.20. The summed E-state index contributed by atoms with van der Waals surface area (Å²) in [4.78, 5) is 36.6. The van der Waals surface area contributed by atoms with Gasteiger partial charge in [-0.3, -0.25) is 14.4 Å². The molecule has 0 aromatic heterocycles. The van der Waals surface area contributed by atoms with Crippen LogP contribution in [0.15, 0.2) is 78.9 Å². The summed E-state index contributed by atoms with van der Waals surface area (Å²) in [6.07, 6.45) is -0.916. The highest BCUT2D eigenvalue weighted by molar-refractivity contribution is 6.24. The molecule has 0 N–H and O–H groups in total. The van der Waals surface area contributed by atoms with Crippen LogP contribution >= 0.6 is 0 Å². The molecule has 3 unspecified atom stereocenters. The van der Waals surface area contributed by atoms with Crippen molar-refractivity contribution in [2.24, 2.45) is 5.92 Å². The van der Waals surface area contributed by atoms with Crippen LogP contribution in [-0.4, -0.2) is 39.1 Å². The molecule has 0 radical (unpaired) electrons. The molecule has 7 nitrogen and oxygen atoms in total. The van der Waals surface area contributed by atoms with Crippen molar-refractivity contribution in [3.05, 3.63) is 84.4 Å². The molecule has 2 heterocycles. The van der Waals surface area contributed by atoms with E-state index in [2.05, 4.69) is 0 Å². The van der Waals surface area contributed by atoms with E-state index in [9.17, 15) is 9.59 Å². The maximum atomic E-state index is 13.7. The molecule has 5 rings (SSSR count). The van der Waals surface area contributed by atoms with E-state index in [0.29, 0.717) is 11.4 Å². The highest BCUT2D eigenvalue weighted by Gasteiger charge is 2.60. The zero-order chi connectivity index (χ0) is 23.1. The lowest BCUT2D eigenvalue weighted by atomic mass is 9.90. The van der Waals surface area contributed by atoms with Crippen molar-refractivity contribution >= 4 is 28.9 Å². The Labute approximate surface area is 192 Å². The van der Waals surface area contributed by atoms with E-state index < -0.39 is 18.1 Å². The van der Waals surface area contributed by atoms with Crippen molar-refractivity contribution in [3.63, 3.8) is 0 Å². The zero-order valence-electron chi connectivity index (χ0n) is 18.7. The van der Waals surface area contributed by atoms with Gasteiger partial charge in [0.25, 0.3) is 5.91 Å². The summed E-state index contributed by atoms with van der Waals surface area (Å²) < 4.78 is 5.41. The number of rotatable bonds is 5. The van der Waals surface area contributed by atoms with Gasteiger partial charge in [0.05, 0.1) is 24.5 Å². The Balaban J connectivity index is 1.58.